The molecule has 6 heteroatoms. The van der Waals surface area contributed by atoms with Crippen molar-refractivity contribution in [3.05, 3.63) is 70.8 Å². The van der Waals surface area contributed by atoms with Crippen LogP contribution in [0.15, 0.2) is 64.4 Å². The molecule has 3 aromatic rings. The first-order valence-corrected chi connectivity index (χ1v) is 10.1. The lowest BCUT2D eigenvalue weighted by atomic mass is 10.0. The van der Waals surface area contributed by atoms with Gasteiger partial charge in [-0.2, -0.15) is 0 Å². The predicted octanol–water partition coefficient (Wildman–Crippen LogP) is 4.36. The molecule has 0 aliphatic rings. The summed E-state index contributed by atoms with van der Waals surface area (Å²) in [5.41, 5.74) is 2.07. The number of fused-ring (bicyclic) bond motifs is 1. The lowest BCUT2D eigenvalue weighted by Gasteiger charge is -2.15. The van der Waals surface area contributed by atoms with Gasteiger partial charge in [-0.3, -0.25) is 14.0 Å². The molecule has 27 heavy (non-hydrogen) atoms. The Labute approximate surface area is 162 Å². The first kappa shape index (κ1) is 19.2. The van der Waals surface area contributed by atoms with Crippen molar-refractivity contribution in [1.29, 1.82) is 0 Å². The number of thioether (sulfide) groups is 1. The van der Waals surface area contributed by atoms with Gasteiger partial charge in [0.2, 0.25) is 5.91 Å². The molecule has 140 valence electrons. The minimum Gasteiger partial charge on any atom is -0.325 e. The van der Waals surface area contributed by atoms with Crippen molar-refractivity contribution in [2.24, 2.45) is 5.92 Å². The van der Waals surface area contributed by atoms with E-state index in [0.29, 0.717) is 11.4 Å². The highest BCUT2D eigenvalue weighted by Crippen LogP contribution is 2.30. The van der Waals surface area contributed by atoms with E-state index in [9.17, 15) is 9.59 Å². The molecular weight excluding hydrogens is 358 g/mol. The zero-order chi connectivity index (χ0) is 19.2. The van der Waals surface area contributed by atoms with Gasteiger partial charge in [0.1, 0.15) is 5.65 Å². The van der Waals surface area contributed by atoms with E-state index in [4.69, 9.17) is 0 Å². The summed E-state index contributed by atoms with van der Waals surface area (Å²) in [5.74, 6) is 0.624. The van der Waals surface area contributed by atoms with Gasteiger partial charge in [0, 0.05) is 28.8 Å². The van der Waals surface area contributed by atoms with E-state index in [1.54, 1.807) is 24.0 Å². The third kappa shape index (κ3) is 4.57. The standard InChI is InChI=1S/C21H23N3O2S/c1-3-15(4-2)21(26)23-17-9-5-6-10-18(17)27-14-16-13-20(25)24-12-8-7-11-19(24)22-16/h5-13,15H,3-4,14H2,1-2H3,(H,23,26). The topological polar surface area (TPSA) is 63.5 Å². The van der Waals surface area contributed by atoms with Gasteiger partial charge in [-0.05, 0) is 37.1 Å². The summed E-state index contributed by atoms with van der Waals surface area (Å²) in [4.78, 5) is 30.2. The molecule has 0 fully saturated rings. The summed E-state index contributed by atoms with van der Waals surface area (Å²) in [6, 6.07) is 14.8. The lowest BCUT2D eigenvalue weighted by molar-refractivity contribution is -0.120. The van der Waals surface area contributed by atoms with Gasteiger partial charge < -0.3 is 5.32 Å². The van der Waals surface area contributed by atoms with E-state index in [2.05, 4.69) is 10.3 Å². The van der Waals surface area contributed by atoms with E-state index < -0.39 is 0 Å². The number of nitrogens with one attached hydrogen (secondary N) is 1. The molecule has 0 spiro atoms. The zero-order valence-electron chi connectivity index (χ0n) is 15.5. The summed E-state index contributed by atoms with van der Waals surface area (Å²) in [6.07, 6.45) is 3.36. The van der Waals surface area contributed by atoms with Gasteiger partial charge in [0.25, 0.3) is 5.56 Å². The van der Waals surface area contributed by atoms with Gasteiger partial charge in [-0.15, -0.1) is 11.8 Å². The van der Waals surface area contributed by atoms with Crippen molar-refractivity contribution in [2.75, 3.05) is 5.32 Å². The van der Waals surface area contributed by atoms with Gasteiger partial charge >= 0.3 is 0 Å². The molecule has 2 aromatic heterocycles. The fourth-order valence-corrected chi connectivity index (χ4v) is 3.82. The number of anilines is 1. The van der Waals surface area contributed by atoms with Crippen LogP contribution in [0.2, 0.25) is 0 Å². The molecule has 0 atom stereocenters. The van der Waals surface area contributed by atoms with E-state index >= 15 is 0 Å². The molecule has 1 amide bonds. The van der Waals surface area contributed by atoms with Crippen LogP contribution in [-0.2, 0) is 10.5 Å². The number of nitrogens with zero attached hydrogens (tertiary/aromatic N) is 2. The quantitative estimate of drug-likeness (QED) is 0.618. The maximum Gasteiger partial charge on any atom is 0.258 e. The molecular formula is C21H23N3O2S. The van der Waals surface area contributed by atoms with Crippen LogP contribution in [0.25, 0.3) is 5.65 Å². The summed E-state index contributed by atoms with van der Waals surface area (Å²) in [5, 5.41) is 3.04. The van der Waals surface area contributed by atoms with Crippen molar-refractivity contribution < 1.29 is 4.79 Å². The highest BCUT2D eigenvalue weighted by Gasteiger charge is 2.15. The normalized spacial score (nSPS) is 11.1. The van der Waals surface area contributed by atoms with Crippen LogP contribution >= 0.6 is 11.8 Å². The minimum absolute atomic E-state index is 0.0188. The van der Waals surface area contributed by atoms with Crippen LogP contribution in [0, 0.1) is 5.92 Å². The third-order valence-electron chi connectivity index (χ3n) is 4.50. The van der Waals surface area contributed by atoms with Gasteiger partial charge in [-0.1, -0.05) is 32.0 Å². The maximum absolute atomic E-state index is 12.4. The Bertz CT molecular complexity index is 996. The Hall–Kier alpha value is -2.60. The number of pyridine rings is 1. The fourth-order valence-electron chi connectivity index (χ4n) is 2.92. The molecule has 0 saturated heterocycles. The van der Waals surface area contributed by atoms with E-state index in [0.717, 1.165) is 29.1 Å². The van der Waals surface area contributed by atoms with Crippen molar-refractivity contribution >= 4 is 29.0 Å². The molecule has 1 aromatic carbocycles. The van der Waals surface area contributed by atoms with Crippen LogP contribution in [0.4, 0.5) is 5.69 Å². The average molecular weight is 382 g/mol. The average Bonchev–Trinajstić information content (AvgIpc) is 2.68. The van der Waals surface area contributed by atoms with Crippen LogP contribution < -0.4 is 10.9 Å². The van der Waals surface area contributed by atoms with Gasteiger partial charge in [-0.25, -0.2) is 4.98 Å². The SMILES string of the molecule is CCC(CC)C(=O)Nc1ccccc1SCc1cc(=O)n2ccccc2n1. The number of hydrogen-bond acceptors (Lipinski definition) is 4. The minimum atomic E-state index is -0.0912. The van der Waals surface area contributed by atoms with Crippen LogP contribution in [0.5, 0.6) is 0 Å². The van der Waals surface area contributed by atoms with Crippen LogP contribution in [0.1, 0.15) is 32.4 Å². The van der Waals surface area contributed by atoms with Crippen molar-refractivity contribution in [2.45, 2.75) is 37.3 Å². The molecule has 1 N–H and O–H groups in total. The molecule has 0 aliphatic heterocycles. The number of amides is 1. The van der Waals surface area contributed by atoms with Crippen molar-refractivity contribution in [3.8, 4) is 0 Å². The molecule has 3 rings (SSSR count). The van der Waals surface area contributed by atoms with Crippen molar-refractivity contribution in [3.63, 3.8) is 0 Å². The number of para-hydroxylation sites is 1. The van der Waals surface area contributed by atoms with Gasteiger partial charge in [0.15, 0.2) is 0 Å². The number of hydrogen-bond donors (Lipinski definition) is 1. The Morgan fingerprint density at radius 3 is 2.67 bits per heavy atom. The molecule has 0 bridgehead atoms. The van der Waals surface area contributed by atoms with E-state index in [1.165, 1.54) is 4.40 Å². The maximum atomic E-state index is 12.4. The van der Waals surface area contributed by atoms with E-state index in [1.807, 2.05) is 56.3 Å². The second-order valence-electron chi connectivity index (χ2n) is 6.30. The van der Waals surface area contributed by atoms with E-state index in [-0.39, 0.29) is 17.4 Å². The molecule has 0 unspecified atom stereocenters. The van der Waals surface area contributed by atoms with Crippen LogP contribution in [0.3, 0.4) is 0 Å². The number of carbonyl (C=O) groups excluding carboxylic acids is 1. The Balaban J connectivity index is 1.77. The monoisotopic (exact) mass is 381 g/mol. The lowest BCUT2D eigenvalue weighted by Crippen LogP contribution is -2.21. The molecule has 5 nitrogen and oxygen atoms in total. The first-order chi connectivity index (χ1) is 13.1. The smallest absolute Gasteiger partial charge is 0.258 e. The predicted molar refractivity (Wildman–Crippen MR) is 110 cm³/mol. The van der Waals surface area contributed by atoms with Crippen molar-refractivity contribution in [1.82, 2.24) is 9.38 Å². The van der Waals surface area contributed by atoms with Crippen LogP contribution in [-0.4, -0.2) is 15.3 Å². The molecule has 0 saturated carbocycles. The molecule has 0 aliphatic carbocycles. The summed E-state index contributed by atoms with van der Waals surface area (Å²) >= 11 is 1.56. The second-order valence-corrected chi connectivity index (χ2v) is 7.32. The Kier molecular flexibility index (Phi) is 6.29. The summed E-state index contributed by atoms with van der Waals surface area (Å²) in [7, 11) is 0. The number of benzene rings is 1. The molecule has 0 radical (unpaired) electrons. The summed E-state index contributed by atoms with van der Waals surface area (Å²) < 4.78 is 1.53. The highest BCUT2D eigenvalue weighted by molar-refractivity contribution is 7.98. The second kappa shape index (κ2) is 8.86. The third-order valence-corrected chi connectivity index (χ3v) is 5.61. The summed E-state index contributed by atoms with van der Waals surface area (Å²) in [6.45, 7) is 4.05. The highest BCUT2D eigenvalue weighted by atomic mass is 32.2. The fraction of sp³-hybridized carbons (Fsp3) is 0.286. The Morgan fingerprint density at radius 1 is 1.15 bits per heavy atom. The Morgan fingerprint density at radius 2 is 1.89 bits per heavy atom. The van der Waals surface area contributed by atoms with Gasteiger partial charge in [0.05, 0.1) is 11.4 Å². The number of rotatable bonds is 7. The number of carbonyl (C=O) groups is 1. The first-order valence-electron chi connectivity index (χ1n) is 9.12. The largest absolute Gasteiger partial charge is 0.325 e. The zero-order valence-corrected chi connectivity index (χ0v) is 16.3. The molecule has 2 heterocycles. The number of aromatic nitrogens is 2.